The van der Waals surface area contributed by atoms with Crippen molar-refractivity contribution < 1.29 is 14.5 Å². The fraction of sp³-hybridized carbons (Fsp3) is 0.120. The van der Waals surface area contributed by atoms with Gasteiger partial charge in [0.25, 0.3) is 5.69 Å². The van der Waals surface area contributed by atoms with E-state index >= 15 is 0 Å². The lowest BCUT2D eigenvalue weighted by Gasteiger charge is -2.05. The fourth-order valence-corrected chi connectivity index (χ4v) is 3.23. The predicted octanol–water partition coefficient (Wildman–Crippen LogP) is 5.65. The first-order valence-corrected chi connectivity index (χ1v) is 10.1. The average Bonchev–Trinajstić information content (AvgIpc) is 3.22. The zero-order valence-corrected chi connectivity index (χ0v) is 17.6. The second kappa shape index (κ2) is 8.85. The van der Waals surface area contributed by atoms with Crippen molar-refractivity contribution in [2.45, 2.75) is 19.8 Å². The quantitative estimate of drug-likeness (QED) is 0.130. The first kappa shape index (κ1) is 21.0. The van der Waals surface area contributed by atoms with E-state index in [1.54, 1.807) is 47.0 Å². The molecule has 0 amide bonds. The smallest absolute Gasteiger partial charge is 0.336 e. The molecule has 0 aliphatic heterocycles. The van der Waals surface area contributed by atoms with Crippen LogP contribution in [0.25, 0.3) is 23.0 Å². The van der Waals surface area contributed by atoms with Crippen molar-refractivity contribution in [1.82, 2.24) is 9.38 Å². The van der Waals surface area contributed by atoms with Crippen LogP contribution in [0.5, 0.6) is 5.75 Å². The van der Waals surface area contributed by atoms with Crippen LogP contribution in [0.4, 0.5) is 5.69 Å². The maximum atomic E-state index is 12.1. The molecule has 0 bridgehead atoms. The van der Waals surface area contributed by atoms with E-state index in [1.165, 1.54) is 23.9 Å². The summed E-state index contributed by atoms with van der Waals surface area (Å²) in [5.74, 6) is 0.406. The van der Waals surface area contributed by atoms with Gasteiger partial charge < -0.3 is 4.74 Å². The minimum Gasteiger partial charge on any atom is -0.423 e. The summed E-state index contributed by atoms with van der Waals surface area (Å²) in [5, 5.41) is 10.9. The van der Waals surface area contributed by atoms with Crippen LogP contribution in [0, 0.1) is 10.1 Å². The van der Waals surface area contributed by atoms with Crippen LogP contribution in [0.3, 0.4) is 0 Å². The minimum absolute atomic E-state index is 0.00682. The lowest BCUT2D eigenvalue weighted by atomic mass is 10.0. The summed E-state index contributed by atoms with van der Waals surface area (Å²) in [7, 11) is 0. The molecule has 0 radical (unpaired) electrons. The van der Waals surface area contributed by atoms with Crippen molar-refractivity contribution in [3.8, 4) is 17.0 Å². The van der Waals surface area contributed by atoms with Crippen LogP contribution in [0.1, 0.15) is 30.9 Å². The van der Waals surface area contributed by atoms with E-state index in [0.717, 1.165) is 11.1 Å². The number of nitro groups is 1. The molecule has 4 rings (SSSR count). The largest absolute Gasteiger partial charge is 0.423 e. The molecule has 0 aliphatic carbocycles. The Morgan fingerprint density at radius 1 is 1.03 bits per heavy atom. The van der Waals surface area contributed by atoms with Gasteiger partial charge in [0.1, 0.15) is 11.4 Å². The molecule has 7 heteroatoms. The Morgan fingerprint density at radius 2 is 1.75 bits per heavy atom. The molecule has 0 atom stereocenters. The van der Waals surface area contributed by atoms with Crippen molar-refractivity contribution in [2.75, 3.05) is 0 Å². The van der Waals surface area contributed by atoms with Crippen molar-refractivity contribution in [3.05, 3.63) is 100 Å². The molecular weight excluding hydrogens is 406 g/mol. The number of pyridine rings is 1. The Balaban J connectivity index is 1.42. The third-order valence-corrected chi connectivity index (χ3v) is 5.03. The van der Waals surface area contributed by atoms with Gasteiger partial charge in [-0.25, -0.2) is 9.78 Å². The van der Waals surface area contributed by atoms with Crippen LogP contribution in [0.15, 0.2) is 79.1 Å². The number of imidazole rings is 1. The van der Waals surface area contributed by atoms with E-state index < -0.39 is 10.9 Å². The van der Waals surface area contributed by atoms with Gasteiger partial charge in [0.15, 0.2) is 0 Å². The summed E-state index contributed by atoms with van der Waals surface area (Å²) >= 11 is 0. The molecule has 32 heavy (non-hydrogen) atoms. The molecule has 2 aromatic heterocycles. The molecule has 160 valence electrons. The number of nitrogens with zero attached hydrogens (tertiary/aromatic N) is 3. The van der Waals surface area contributed by atoms with E-state index in [1.807, 2.05) is 24.3 Å². The summed E-state index contributed by atoms with van der Waals surface area (Å²) in [5.41, 5.74) is 4.23. The highest BCUT2D eigenvalue weighted by Gasteiger charge is 2.10. The van der Waals surface area contributed by atoms with Gasteiger partial charge in [-0.15, -0.1) is 0 Å². The van der Waals surface area contributed by atoms with E-state index in [9.17, 15) is 14.9 Å². The van der Waals surface area contributed by atoms with Crippen molar-refractivity contribution in [3.63, 3.8) is 0 Å². The van der Waals surface area contributed by atoms with Crippen LogP contribution in [0.2, 0.25) is 0 Å². The number of esters is 1. The predicted molar refractivity (Wildman–Crippen MR) is 122 cm³/mol. The normalized spacial score (nSPS) is 11.3. The van der Waals surface area contributed by atoms with Gasteiger partial charge in [-0.3, -0.25) is 14.5 Å². The number of carbonyl (C=O) groups is 1. The van der Waals surface area contributed by atoms with Gasteiger partial charge in [-0.1, -0.05) is 38.1 Å². The van der Waals surface area contributed by atoms with E-state index in [2.05, 4.69) is 18.8 Å². The monoisotopic (exact) mass is 427 g/mol. The molecule has 0 aliphatic rings. The molecule has 4 aromatic rings. The molecule has 0 saturated heterocycles. The average molecular weight is 427 g/mol. The lowest BCUT2D eigenvalue weighted by molar-refractivity contribution is -0.385. The Kier molecular flexibility index (Phi) is 5.81. The number of fused-ring (bicyclic) bond motifs is 1. The molecule has 0 N–H and O–H groups in total. The maximum absolute atomic E-state index is 12.1. The van der Waals surface area contributed by atoms with Crippen molar-refractivity contribution in [1.29, 1.82) is 0 Å². The summed E-state index contributed by atoms with van der Waals surface area (Å²) in [6.45, 7) is 4.27. The summed E-state index contributed by atoms with van der Waals surface area (Å²) < 4.78 is 6.97. The molecule has 2 aromatic carbocycles. The third kappa shape index (κ3) is 4.73. The molecule has 0 spiro atoms. The van der Waals surface area contributed by atoms with E-state index in [-0.39, 0.29) is 5.69 Å². The molecule has 7 nitrogen and oxygen atoms in total. The van der Waals surface area contributed by atoms with E-state index in [0.29, 0.717) is 23.0 Å². The number of aromatic nitrogens is 2. The first-order chi connectivity index (χ1) is 15.4. The number of ether oxygens (including phenoxy) is 1. The third-order valence-electron chi connectivity index (χ3n) is 5.03. The van der Waals surface area contributed by atoms with Crippen molar-refractivity contribution in [2.24, 2.45) is 0 Å². The number of benzene rings is 2. The zero-order chi connectivity index (χ0) is 22.7. The van der Waals surface area contributed by atoms with Gasteiger partial charge >= 0.3 is 5.97 Å². The van der Waals surface area contributed by atoms with Crippen LogP contribution >= 0.6 is 0 Å². The Hall–Kier alpha value is -4.26. The second-order valence-corrected chi connectivity index (χ2v) is 7.64. The first-order valence-electron chi connectivity index (χ1n) is 10.1. The summed E-state index contributed by atoms with van der Waals surface area (Å²) in [6, 6.07) is 18.0. The lowest BCUT2D eigenvalue weighted by Crippen LogP contribution is -2.03. The molecule has 0 saturated carbocycles. The Labute approximate surface area is 184 Å². The number of hydrogen-bond donors (Lipinski definition) is 0. The summed E-state index contributed by atoms with van der Waals surface area (Å²) in [6.07, 6.45) is 6.26. The fourth-order valence-electron chi connectivity index (χ4n) is 3.23. The number of hydrogen-bond acceptors (Lipinski definition) is 5. The Morgan fingerprint density at radius 3 is 2.41 bits per heavy atom. The van der Waals surface area contributed by atoms with Gasteiger partial charge in [-0.2, -0.15) is 0 Å². The topological polar surface area (TPSA) is 86.7 Å². The van der Waals surface area contributed by atoms with Gasteiger partial charge in [-0.05, 0) is 53.5 Å². The van der Waals surface area contributed by atoms with Crippen LogP contribution < -0.4 is 4.74 Å². The molecule has 2 heterocycles. The van der Waals surface area contributed by atoms with Crippen LogP contribution in [-0.2, 0) is 4.79 Å². The standard InChI is InChI=1S/C25H21N3O4/c1-17(2)19-6-3-18(4-7-19)5-14-25(29)32-22-11-8-20(9-12-22)23-16-27-15-21(28(30)31)10-13-24(27)26-23/h3-17H,1-2H3/b14-5+. The number of rotatable bonds is 6. The second-order valence-electron chi connectivity index (χ2n) is 7.64. The highest BCUT2D eigenvalue weighted by molar-refractivity contribution is 5.88. The maximum Gasteiger partial charge on any atom is 0.336 e. The summed E-state index contributed by atoms with van der Waals surface area (Å²) in [4.78, 5) is 27.1. The van der Waals surface area contributed by atoms with Crippen molar-refractivity contribution >= 4 is 23.4 Å². The number of carbonyl (C=O) groups excluding carboxylic acids is 1. The highest BCUT2D eigenvalue weighted by atomic mass is 16.6. The van der Waals surface area contributed by atoms with Gasteiger partial charge in [0, 0.05) is 23.9 Å². The Bertz CT molecular complexity index is 1300. The minimum atomic E-state index is -0.467. The zero-order valence-electron chi connectivity index (χ0n) is 17.6. The van der Waals surface area contributed by atoms with Gasteiger partial charge in [0.2, 0.25) is 0 Å². The SMILES string of the molecule is CC(C)c1ccc(/C=C/C(=O)Oc2ccc(-c3cn4cc([N+](=O)[O-])ccc4n3)cc2)cc1. The van der Waals surface area contributed by atoms with Crippen LogP contribution in [-0.4, -0.2) is 20.3 Å². The highest BCUT2D eigenvalue weighted by Crippen LogP contribution is 2.24. The van der Waals surface area contributed by atoms with E-state index in [4.69, 9.17) is 4.74 Å². The molecule has 0 fully saturated rings. The molecular formula is C25H21N3O4. The van der Waals surface area contributed by atoms with Gasteiger partial charge in [0.05, 0.1) is 16.8 Å². The molecule has 0 unspecified atom stereocenters.